The summed E-state index contributed by atoms with van der Waals surface area (Å²) in [5.74, 6) is 3.79. The smallest absolute Gasteiger partial charge is 0.272 e. The van der Waals surface area contributed by atoms with Gasteiger partial charge in [0.25, 0.3) is 5.69 Å². The lowest BCUT2D eigenvalue weighted by Gasteiger charge is -2.06. The zero-order valence-electron chi connectivity index (χ0n) is 10.1. The van der Waals surface area contributed by atoms with Crippen molar-refractivity contribution in [3.63, 3.8) is 0 Å². The number of non-ortho nitro benzene ring substituents is 1. The molecule has 0 aliphatic rings. The fraction of sp³-hybridized carbons (Fsp3) is 0.364. The predicted molar refractivity (Wildman–Crippen MR) is 64.7 cm³/mol. The zero-order chi connectivity index (χ0) is 14.3. The highest BCUT2D eigenvalue weighted by Gasteiger charge is 2.11. The van der Waals surface area contributed by atoms with Crippen molar-refractivity contribution in [2.24, 2.45) is 5.84 Å². The normalized spacial score (nSPS) is 10.0. The van der Waals surface area contributed by atoms with Gasteiger partial charge < -0.3 is 4.74 Å². The molecule has 1 aromatic rings. The molecule has 7 nitrogen and oxygen atoms in total. The van der Waals surface area contributed by atoms with E-state index in [0.717, 1.165) is 6.07 Å². The number of rotatable bonds is 7. The average molecular weight is 271 g/mol. The maximum Gasteiger partial charge on any atom is 0.272 e. The maximum atomic E-state index is 13.4. The van der Waals surface area contributed by atoms with E-state index >= 15 is 0 Å². The number of carbonyl (C=O) groups is 1. The molecule has 0 unspecified atom stereocenters. The van der Waals surface area contributed by atoms with Gasteiger partial charge in [0.05, 0.1) is 17.6 Å². The van der Waals surface area contributed by atoms with Gasteiger partial charge in [0.2, 0.25) is 5.91 Å². The standard InChI is InChI=1S/C11H14FN3O4/c12-9-7-8(15(17)18)4-5-10(9)19-6-2-1-3-11(16)14-13/h4-5,7H,1-3,6,13H2,(H,14,16). The first-order chi connectivity index (χ1) is 9.04. The molecule has 0 aliphatic heterocycles. The van der Waals surface area contributed by atoms with E-state index in [1.165, 1.54) is 12.1 Å². The van der Waals surface area contributed by atoms with E-state index in [-0.39, 0.29) is 30.4 Å². The molecule has 0 atom stereocenters. The highest BCUT2D eigenvalue weighted by atomic mass is 19.1. The first-order valence-corrected chi connectivity index (χ1v) is 5.60. The molecule has 104 valence electrons. The van der Waals surface area contributed by atoms with Crippen LogP contribution in [-0.2, 0) is 4.79 Å². The molecule has 0 heterocycles. The van der Waals surface area contributed by atoms with E-state index in [9.17, 15) is 19.3 Å². The number of nitrogens with one attached hydrogen (secondary N) is 1. The Balaban J connectivity index is 2.37. The van der Waals surface area contributed by atoms with Gasteiger partial charge in [-0.1, -0.05) is 0 Å². The van der Waals surface area contributed by atoms with Crippen molar-refractivity contribution in [1.29, 1.82) is 0 Å². The molecule has 1 amide bonds. The van der Waals surface area contributed by atoms with Crippen LogP contribution in [0, 0.1) is 15.9 Å². The Labute approximate surface area is 108 Å². The lowest BCUT2D eigenvalue weighted by molar-refractivity contribution is -0.385. The minimum absolute atomic E-state index is 0.0473. The van der Waals surface area contributed by atoms with Crippen molar-refractivity contribution < 1.29 is 18.8 Å². The Morgan fingerprint density at radius 3 is 2.79 bits per heavy atom. The summed E-state index contributed by atoms with van der Waals surface area (Å²) in [5, 5.41) is 10.4. The van der Waals surface area contributed by atoms with Crippen molar-refractivity contribution in [2.75, 3.05) is 6.61 Å². The second-order valence-electron chi connectivity index (χ2n) is 3.74. The summed E-state index contributed by atoms with van der Waals surface area (Å²) < 4.78 is 18.5. The number of hydrogen-bond acceptors (Lipinski definition) is 5. The Hall–Kier alpha value is -2.22. The van der Waals surface area contributed by atoms with Crippen molar-refractivity contribution in [2.45, 2.75) is 19.3 Å². The van der Waals surface area contributed by atoms with Crippen LogP contribution in [0.5, 0.6) is 5.75 Å². The molecule has 0 radical (unpaired) electrons. The van der Waals surface area contributed by atoms with Crippen LogP contribution < -0.4 is 16.0 Å². The van der Waals surface area contributed by atoms with Crippen LogP contribution in [0.15, 0.2) is 18.2 Å². The van der Waals surface area contributed by atoms with Gasteiger partial charge in [0.1, 0.15) is 0 Å². The van der Waals surface area contributed by atoms with Gasteiger partial charge in [-0.15, -0.1) is 0 Å². The summed E-state index contributed by atoms with van der Waals surface area (Å²) in [7, 11) is 0. The zero-order valence-corrected chi connectivity index (χ0v) is 10.1. The molecule has 0 fully saturated rings. The largest absolute Gasteiger partial charge is 0.491 e. The summed E-state index contributed by atoms with van der Waals surface area (Å²) in [6.07, 6.45) is 1.37. The number of benzene rings is 1. The molecule has 0 saturated carbocycles. The number of unbranched alkanes of at least 4 members (excludes halogenated alkanes) is 1. The van der Waals surface area contributed by atoms with E-state index < -0.39 is 10.7 Å². The highest BCUT2D eigenvalue weighted by molar-refractivity contribution is 5.75. The Morgan fingerprint density at radius 1 is 1.47 bits per heavy atom. The molecule has 1 aromatic carbocycles. The number of carbonyl (C=O) groups excluding carboxylic acids is 1. The van der Waals surface area contributed by atoms with Gasteiger partial charge in [-0.05, 0) is 18.9 Å². The number of nitrogens with zero attached hydrogens (tertiary/aromatic N) is 1. The second kappa shape index (κ2) is 7.27. The van der Waals surface area contributed by atoms with E-state index in [1.807, 2.05) is 5.43 Å². The number of nitrogens with two attached hydrogens (primary N) is 1. The van der Waals surface area contributed by atoms with Crippen LogP contribution in [-0.4, -0.2) is 17.4 Å². The third kappa shape index (κ3) is 4.88. The molecule has 8 heteroatoms. The third-order valence-corrected chi connectivity index (χ3v) is 2.34. The van der Waals surface area contributed by atoms with Gasteiger partial charge in [0.15, 0.2) is 11.6 Å². The molecule has 19 heavy (non-hydrogen) atoms. The fourth-order valence-electron chi connectivity index (χ4n) is 1.36. The summed E-state index contributed by atoms with van der Waals surface area (Å²) in [6, 6.07) is 3.18. The molecule has 0 aromatic heterocycles. The van der Waals surface area contributed by atoms with Crippen LogP contribution >= 0.6 is 0 Å². The number of nitro benzene ring substituents is 1. The molecule has 1 rings (SSSR count). The number of nitro groups is 1. The van der Waals surface area contributed by atoms with Crippen molar-refractivity contribution in [3.8, 4) is 5.75 Å². The Bertz CT molecular complexity index is 467. The van der Waals surface area contributed by atoms with Gasteiger partial charge >= 0.3 is 0 Å². The minimum atomic E-state index is -0.783. The minimum Gasteiger partial charge on any atom is -0.491 e. The van der Waals surface area contributed by atoms with Crippen LogP contribution in [0.25, 0.3) is 0 Å². The number of ether oxygens (including phenoxy) is 1. The molecule has 0 bridgehead atoms. The van der Waals surface area contributed by atoms with E-state index in [2.05, 4.69) is 0 Å². The van der Waals surface area contributed by atoms with E-state index in [1.54, 1.807) is 0 Å². The number of hydrazine groups is 1. The summed E-state index contributed by atoms with van der Waals surface area (Å²) in [4.78, 5) is 20.5. The van der Waals surface area contributed by atoms with Crippen LogP contribution in [0.4, 0.5) is 10.1 Å². The number of amides is 1. The maximum absolute atomic E-state index is 13.4. The SMILES string of the molecule is NNC(=O)CCCCOc1ccc([N+](=O)[O-])cc1F. The van der Waals surface area contributed by atoms with Gasteiger partial charge in [-0.2, -0.15) is 0 Å². The van der Waals surface area contributed by atoms with Gasteiger partial charge in [0, 0.05) is 12.5 Å². The number of hydrogen-bond donors (Lipinski definition) is 2. The summed E-state index contributed by atoms with van der Waals surface area (Å²) in [6.45, 7) is 0.215. The Morgan fingerprint density at radius 2 is 2.21 bits per heavy atom. The molecule has 0 spiro atoms. The van der Waals surface area contributed by atoms with Crippen LogP contribution in [0.3, 0.4) is 0 Å². The third-order valence-electron chi connectivity index (χ3n) is 2.34. The quantitative estimate of drug-likeness (QED) is 0.255. The summed E-state index contributed by atoms with van der Waals surface area (Å²) in [5.41, 5.74) is 1.67. The first kappa shape index (κ1) is 14.8. The van der Waals surface area contributed by atoms with Crippen molar-refractivity contribution in [3.05, 3.63) is 34.1 Å². The van der Waals surface area contributed by atoms with Crippen LogP contribution in [0.1, 0.15) is 19.3 Å². The lowest BCUT2D eigenvalue weighted by atomic mass is 10.2. The first-order valence-electron chi connectivity index (χ1n) is 5.60. The molecular weight excluding hydrogens is 257 g/mol. The predicted octanol–water partition coefficient (Wildman–Crippen LogP) is 1.27. The topological polar surface area (TPSA) is 107 Å². The molecule has 0 saturated heterocycles. The Kier molecular flexibility index (Phi) is 5.68. The van der Waals surface area contributed by atoms with Gasteiger partial charge in [-0.3, -0.25) is 20.3 Å². The average Bonchev–Trinajstić information content (AvgIpc) is 2.39. The molecule has 0 aliphatic carbocycles. The fourth-order valence-corrected chi connectivity index (χ4v) is 1.36. The monoisotopic (exact) mass is 271 g/mol. The number of halogens is 1. The molecule has 3 N–H and O–H groups in total. The van der Waals surface area contributed by atoms with Crippen molar-refractivity contribution in [1.82, 2.24) is 5.43 Å². The van der Waals surface area contributed by atoms with E-state index in [0.29, 0.717) is 12.8 Å². The van der Waals surface area contributed by atoms with Crippen molar-refractivity contribution >= 4 is 11.6 Å². The summed E-state index contributed by atoms with van der Waals surface area (Å²) >= 11 is 0. The lowest BCUT2D eigenvalue weighted by Crippen LogP contribution is -2.29. The molecular formula is C11H14FN3O4. The van der Waals surface area contributed by atoms with Crippen LogP contribution in [0.2, 0.25) is 0 Å². The van der Waals surface area contributed by atoms with E-state index in [4.69, 9.17) is 10.6 Å². The van der Waals surface area contributed by atoms with Gasteiger partial charge in [-0.25, -0.2) is 10.2 Å². The highest BCUT2D eigenvalue weighted by Crippen LogP contribution is 2.22. The second-order valence-corrected chi connectivity index (χ2v) is 3.74.